The number of amides is 2. The Hall–Kier alpha value is -2.08. The average Bonchev–Trinajstić information content (AvgIpc) is 3.39. The second-order valence-electron chi connectivity index (χ2n) is 7.84. The van der Waals surface area contributed by atoms with Crippen molar-refractivity contribution >= 4 is 23.2 Å². The topological polar surface area (TPSA) is 54.3 Å². The van der Waals surface area contributed by atoms with Gasteiger partial charge < -0.3 is 14.8 Å². The van der Waals surface area contributed by atoms with Crippen molar-refractivity contribution in [3.8, 4) is 5.00 Å². The Morgan fingerprint density at radius 2 is 1.86 bits per heavy atom. The molecule has 2 amide bonds. The Morgan fingerprint density at radius 1 is 1.14 bits per heavy atom. The first-order valence-electron chi connectivity index (χ1n) is 10.5. The molecule has 1 fully saturated rings. The highest BCUT2D eigenvalue weighted by atomic mass is 32.1. The molecule has 1 N–H and O–H groups in total. The van der Waals surface area contributed by atoms with Crippen LogP contribution in [-0.4, -0.2) is 40.9 Å². The zero-order chi connectivity index (χ0) is 19.5. The van der Waals surface area contributed by atoms with Crippen LogP contribution in [0.25, 0.3) is 5.00 Å². The Labute approximate surface area is 170 Å². The van der Waals surface area contributed by atoms with E-state index < -0.39 is 0 Å². The Balaban J connectivity index is 1.53. The number of hydrogen-bond donors (Lipinski definition) is 1. The van der Waals surface area contributed by atoms with Gasteiger partial charge in [0, 0.05) is 42.8 Å². The van der Waals surface area contributed by atoms with Crippen molar-refractivity contribution in [2.45, 2.75) is 51.9 Å². The van der Waals surface area contributed by atoms with Crippen LogP contribution in [-0.2, 0) is 17.6 Å². The number of thiophene rings is 1. The number of nitrogens with one attached hydrogen (secondary N) is 1. The molecule has 6 heteroatoms. The minimum absolute atomic E-state index is 0.0379. The number of aromatic nitrogens is 1. The number of carbonyl (C=O) groups excluding carboxylic acids is 2. The third kappa shape index (κ3) is 3.75. The number of rotatable bonds is 5. The summed E-state index contributed by atoms with van der Waals surface area (Å²) in [5.41, 5.74) is 2.18. The molecule has 0 saturated carbocycles. The number of likely N-dealkylation sites (tertiary alicyclic amines) is 1. The summed E-state index contributed by atoms with van der Waals surface area (Å²) in [5, 5.41) is 4.06. The number of aryl methyl sites for hydroxylation is 1. The maximum Gasteiger partial charge on any atom is 0.257 e. The van der Waals surface area contributed by atoms with Crippen LogP contribution in [0, 0.1) is 5.92 Å². The van der Waals surface area contributed by atoms with Crippen molar-refractivity contribution in [1.29, 1.82) is 0 Å². The monoisotopic (exact) mass is 399 g/mol. The zero-order valence-electron chi connectivity index (χ0n) is 16.6. The van der Waals surface area contributed by atoms with E-state index >= 15 is 0 Å². The third-order valence-corrected chi connectivity index (χ3v) is 7.21. The van der Waals surface area contributed by atoms with Gasteiger partial charge in [-0.1, -0.05) is 6.92 Å². The molecule has 1 aliphatic carbocycles. The lowest BCUT2D eigenvalue weighted by molar-refractivity contribution is -0.126. The molecular formula is C22H29N3O2S. The Morgan fingerprint density at radius 3 is 2.57 bits per heavy atom. The first-order chi connectivity index (χ1) is 13.7. The first-order valence-corrected chi connectivity index (χ1v) is 11.4. The van der Waals surface area contributed by atoms with Crippen molar-refractivity contribution in [1.82, 2.24) is 14.8 Å². The molecule has 150 valence electrons. The predicted molar refractivity (Wildman–Crippen MR) is 112 cm³/mol. The highest BCUT2D eigenvalue weighted by Gasteiger charge is 2.32. The van der Waals surface area contributed by atoms with Gasteiger partial charge in [0.25, 0.3) is 5.91 Å². The van der Waals surface area contributed by atoms with Crippen LogP contribution in [0.4, 0.5) is 0 Å². The van der Waals surface area contributed by atoms with Crippen molar-refractivity contribution in [3.05, 3.63) is 40.5 Å². The molecule has 1 aliphatic heterocycles. The van der Waals surface area contributed by atoms with Gasteiger partial charge in [-0.05, 0) is 62.6 Å². The second-order valence-corrected chi connectivity index (χ2v) is 8.92. The smallest absolute Gasteiger partial charge is 0.257 e. The lowest BCUT2D eigenvalue weighted by Crippen LogP contribution is -2.43. The van der Waals surface area contributed by atoms with Crippen LogP contribution in [0.2, 0.25) is 0 Å². The van der Waals surface area contributed by atoms with Gasteiger partial charge in [0.15, 0.2) is 0 Å². The van der Waals surface area contributed by atoms with Gasteiger partial charge in [-0.25, -0.2) is 0 Å². The molecular weight excluding hydrogens is 370 g/mol. The van der Waals surface area contributed by atoms with E-state index in [0.717, 1.165) is 55.6 Å². The SMILES string of the molecule is CCCNC(=O)C1CCN(C(=O)c2c(-n3cccc3)sc3c2CCCC3)CC1. The fourth-order valence-corrected chi connectivity index (χ4v) is 5.67. The van der Waals surface area contributed by atoms with Crippen LogP contribution in [0.5, 0.6) is 0 Å². The molecule has 0 atom stereocenters. The molecule has 1 saturated heterocycles. The number of carbonyl (C=O) groups is 2. The van der Waals surface area contributed by atoms with Gasteiger partial charge in [0.1, 0.15) is 5.00 Å². The highest BCUT2D eigenvalue weighted by molar-refractivity contribution is 7.15. The van der Waals surface area contributed by atoms with Crippen molar-refractivity contribution in [2.75, 3.05) is 19.6 Å². The molecule has 2 aliphatic rings. The fraction of sp³-hybridized carbons (Fsp3) is 0.545. The summed E-state index contributed by atoms with van der Waals surface area (Å²) >= 11 is 1.78. The third-order valence-electron chi connectivity index (χ3n) is 5.91. The van der Waals surface area contributed by atoms with Crippen molar-refractivity contribution in [3.63, 3.8) is 0 Å². The summed E-state index contributed by atoms with van der Waals surface area (Å²) in [6, 6.07) is 4.01. The molecule has 5 nitrogen and oxygen atoms in total. The summed E-state index contributed by atoms with van der Waals surface area (Å²) in [7, 11) is 0. The van der Waals surface area contributed by atoms with E-state index in [4.69, 9.17) is 0 Å². The van der Waals surface area contributed by atoms with Gasteiger partial charge in [0.05, 0.1) is 5.56 Å². The summed E-state index contributed by atoms with van der Waals surface area (Å²) in [4.78, 5) is 29.1. The van der Waals surface area contributed by atoms with E-state index in [0.29, 0.717) is 13.1 Å². The maximum atomic E-state index is 13.5. The van der Waals surface area contributed by atoms with Crippen LogP contribution < -0.4 is 5.32 Å². The van der Waals surface area contributed by atoms with Crippen LogP contribution >= 0.6 is 11.3 Å². The summed E-state index contributed by atoms with van der Waals surface area (Å²) < 4.78 is 2.08. The maximum absolute atomic E-state index is 13.5. The summed E-state index contributed by atoms with van der Waals surface area (Å²) in [5.74, 6) is 0.335. The molecule has 0 spiro atoms. The molecule has 0 aromatic carbocycles. The first kappa shape index (κ1) is 19.2. The fourth-order valence-electron chi connectivity index (χ4n) is 4.32. The molecule has 2 aromatic rings. The molecule has 4 rings (SSSR count). The van der Waals surface area contributed by atoms with E-state index in [-0.39, 0.29) is 17.7 Å². The van der Waals surface area contributed by atoms with Crippen molar-refractivity contribution in [2.24, 2.45) is 5.92 Å². The number of nitrogens with zero attached hydrogens (tertiary/aromatic N) is 2. The zero-order valence-corrected chi connectivity index (χ0v) is 17.4. The molecule has 28 heavy (non-hydrogen) atoms. The van der Waals surface area contributed by atoms with E-state index in [1.165, 1.54) is 16.9 Å². The van der Waals surface area contributed by atoms with Crippen LogP contribution in [0.1, 0.15) is 59.8 Å². The molecule has 2 aromatic heterocycles. The minimum Gasteiger partial charge on any atom is -0.356 e. The van der Waals surface area contributed by atoms with Gasteiger partial charge in [0.2, 0.25) is 5.91 Å². The summed E-state index contributed by atoms with van der Waals surface area (Å²) in [6.07, 6.45) is 11.0. The van der Waals surface area contributed by atoms with E-state index in [1.54, 1.807) is 11.3 Å². The minimum atomic E-state index is 0.0379. The van der Waals surface area contributed by atoms with E-state index in [9.17, 15) is 9.59 Å². The molecule has 3 heterocycles. The number of piperidine rings is 1. The van der Waals surface area contributed by atoms with Gasteiger partial charge in [-0.3, -0.25) is 9.59 Å². The van der Waals surface area contributed by atoms with Gasteiger partial charge in [-0.2, -0.15) is 0 Å². The number of hydrogen-bond acceptors (Lipinski definition) is 3. The van der Waals surface area contributed by atoms with Crippen LogP contribution in [0.3, 0.4) is 0 Å². The van der Waals surface area contributed by atoms with Gasteiger partial charge in [-0.15, -0.1) is 11.3 Å². The van der Waals surface area contributed by atoms with E-state index in [1.807, 2.05) is 29.4 Å². The number of fused-ring (bicyclic) bond motifs is 1. The van der Waals surface area contributed by atoms with Crippen molar-refractivity contribution < 1.29 is 9.59 Å². The average molecular weight is 400 g/mol. The highest BCUT2D eigenvalue weighted by Crippen LogP contribution is 2.38. The van der Waals surface area contributed by atoms with E-state index in [2.05, 4.69) is 16.8 Å². The Bertz CT molecular complexity index is 832. The molecule has 0 unspecified atom stereocenters. The normalized spacial score (nSPS) is 17.4. The summed E-state index contributed by atoms with van der Waals surface area (Å²) in [6.45, 7) is 4.13. The lowest BCUT2D eigenvalue weighted by atomic mass is 9.93. The lowest BCUT2D eigenvalue weighted by Gasteiger charge is -2.32. The molecule has 0 bridgehead atoms. The second kappa shape index (κ2) is 8.52. The quantitative estimate of drug-likeness (QED) is 0.832. The molecule has 0 radical (unpaired) electrons. The standard InChI is InChI=1S/C22H29N3O2S/c1-2-11-23-20(26)16-9-14-24(15-10-16)21(27)19-17-7-3-4-8-18(17)28-22(19)25-12-5-6-13-25/h5-6,12-13,16H,2-4,7-11,14-15H2,1H3,(H,23,26). The predicted octanol–water partition coefficient (Wildman–Crippen LogP) is 3.80. The largest absolute Gasteiger partial charge is 0.356 e. The van der Waals surface area contributed by atoms with Gasteiger partial charge >= 0.3 is 0 Å². The Kier molecular flexibility index (Phi) is 5.85. The van der Waals surface area contributed by atoms with Crippen LogP contribution in [0.15, 0.2) is 24.5 Å².